The van der Waals surface area contributed by atoms with Crippen molar-refractivity contribution in [2.75, 3.05) is 26.1 Å². The molecule has 148 valence electrons. The third kappa shape index (κ3) is 16.9. The summed E-state index contributed by atoms with van der Waals surface area (Å²) in [5.74, 6) is -4.37. The Hall–Kier alpha value is -1.50. The number of rotatable bonds is 8. The van der Waals surface area contributed by atoms with Gasteiger partial charge in [0.05, 0.1) is 14.2 Å². The van der Waals surface area contributed by atoms with Gasteiger partial charge in [0.1, 0.15) is 0 Å². The molecule has 0 radical (unpaired) electrons. The maximum Gasteiger partial charge on any atom is 0.332 e. The fourth-order valence-electron chi connectivity index (χ4n) is 0.589. The standard InChI is InChI=1S/C8H12O10S2.4CH4/c1-15-19(11,12)5-17-7(9)3-4-8(10)18-6-20(13,14)16-2;;;;/h3-4H,5-6H2,1-2H3;4*1H4/b4-3-;;;;. The molecule has 0 fully saturated rings. The molecule has 0 unspecified atom stereocenters. The molecule has 0 atom stereocenters. The summed E-state index contributed by atoms with van der Waals surface area (Å²) in [6, 6.07) is 0. The summed E-state index contributed by atoms with van der Waals surface area (Å²) < 4.78 is 59.6. The SMILES string of the molecule is C.C.C.C.COS(=O)(=O)COC(=O)/C=C\C(=O)OCS(=O)(=O)OC. The number of hydrogen-bond donors (Lipinski definition) is 0. The van der Waals surface area contributed by atoms with Crippen molar-refractivity contribution < 1.29 is 44.3 Å². The average Bonchev–Trinajstić information content (AvgIpc) is 2.40. The zero-order valence-electron chi connectivity index (χ0n) is 10.5. The minimum Gasteiger partial charge on any atom is -0.443 e. The molecule has 0 aliphatic rings. The van der Waals surface area contributed by atoms with E-state index in [2.05, 4.69) is 17.8 Å². The first-order valence-corrected chi connectivity index (χ1v) is 7.85. The lowest BCUT2D eigenvalue weighted by Crippen LogP contribution is -2.15. The van der Waals surface area contributed by atoms with E-state index in [0.717, 1.165) is 14.2 Å². The predicted molar refractivity (Wildman–Crippen MR) is 89.8 cm³/mol. The van der Waals surface area contributed by atoms with E-state index in [-0.39, 0.29) is 29.7 Å². The van der Waals surface area contributed by atoms with E-state index >= 15 is 0 Å². The summed E-state index contributed by atoms with van der Waals surface area (Å²) in [6.45, 7) is 0. The number of carbonyl (C=O) groups is 2. The zero-order valence-corrected chi connectivity index (χ0v) is 12.1. The van der Waals surface area contributed by atoms with Gasteiger partial charge in [-0.05, 0) is 0 Å². The second-order valence-corrected chi connectivity index (χ2v) is 6.31. The third-order valence-electron chi connectivity index (χ3n) is 1.55. The van der Waals surface area contributed by atoms with Crippen LogP contribution in [0.1, 0.15) is 29.7 Å². The van der Waals surface area contributed by atoms with Crippen LogP contribution in [-0.2, 0) is 47.7 Å². The van der Waals surface area contributed by atoms with Crippen LogP contribution in [0, 0.1) is 0 Å². The van der Waals surface area contributed by atoms with Crippen LogP contribution in [0.25, 0.3) is 0 Å². The highest BCUT2D eigenvalue weighted by Gasteiger charge is 2.13. The highest BCUT2D eigenvalue weighted by atomic mass is 32.2. The third-order valence-corrected chi connectivity index (χ3v) is 3.38. The monoisotopic (exact) mass is 396 g/mol. The van der Waals surface area contributed by atoms with E-state index in [4.69, 9.17) is 0 Å². The molecule has 0 aliphatic carbocycles. The minimum atomic E-state index is -3.98. The van der Waals surface area contributed by atoms with Gasteiger partial charge in [-0.15, -0.1) is 0 Å². The van der Waals surface area contributed by atoms with Crippen LogP contribution in [0.2, 0.25) is 0 Å². The molecular weight excluding hydrogens is 368 g/mol. The van der Waals surface area contributed by atoms with Gasteiger partial charge in [0.2, 0.25) is 11.9 Å². The molecule has 24 heavy (non-hydrogen) atoms. The Bertz CT molecular complexity index is 523. The lowest BCUT2D eigenvalue weighted by molar-refractivity contribution is -0.138. The molecule has 0 aromatic heterocycles. The summed E-state index contributed by atoms with van der Waals surface area (Å²) in [5.41, 5.74) is 0. The van der Waals surface area contributed by atoms with Crippen molar-refractivity contribution in [2.45, 2.75) is 29.7 Å². The first-order chi connectivity index (χ1) is 9.12. The first-order valence-electron chi connectivity index (χ1n) is 4.70. The van der Waals surface area contributed by atoms with Crippen molar-refractivity contribution in [2.24, 2.45) is 0 Å². The molecule has 0 spiro atoms. The van der Waals surface area contributed by atoms with Crippen molar-refractivity contribution in [3.63, 3.8) is 0 Å². The van der Waals surface area contributed by atoms with E-state index in [1.54, 1.807) is 0 Å². The molecule has 0 aromatic rings. The second-order valence-electron chi connectivity index (χ2n) is 2.94. The number of ether oxygens (including phenoxy) is 2. The summed E-state index contributed by atoms with van der Waals surface area (Å²) in [7, 11) is -6.19. The molecular formula is C12H28O10S2. The fraction of sp³-hybridized carbons (Fsp3) is 0.667. The zero-order chi connectivity index (χ0) is 15.8. The van der Waals surface area contributed by atoms with Crippen LogP contribution < -0.4 is 0 Å². The number of carbonyl (C=O) groups excluding carboxylic acids is 2. The maximum absolute atomic E-state index is 11.0. The van der Waals surface area contributed by atoms with Crippen LogP contribution in [0.3, 0.4) is 0 Å². The van der Waals surface area contributed by atoms with Crippen LogP contribution in [0.5, 0.6) is 0 Å². The normalized spacial score (nSPS) is 10.2. The lowest BCUT2D eigenvalue weighted by atomic mass is 10.5. The highest BCUT2D eigenvalue weighted by molar-refractivity contribution is 7.86. The average molecular weight is 396 g/mol. The van der Waals surface area contributed by atoms with Crippen LogP contribution in [0.4, 0.5) is 0 Å². The summed E-state index contributed by atoms with van der Waals surface area (Å²) >= 11 is 0. The fourth-order valence-corrected chi connectivity index (χ4v) is 1.30. The van der Waals surface area contributed by atoms with Gasteiger partial charge in [0, 0.05) is 12.2 Å². The molecule has 0 aliphatic heterocycles. The van der Waals surface area contributed by atoms with E-state index in [9.17, 15) is 26.4 Å². The van der Waals surface area contributed by atoms with E-state index in [1.807, 2.05) is 0 Å². The lowest BCUT2D eigenvalue weighted by Gasteiger charge is -2.02. The Morgan fingerprint density at radius 3 is 1.17 bits per heavy atom. The maximum atomic E-state index is 11.0. The predicted octanol–water partition coefficient (Wildman–Crippen LogP) is 1.04. The molecule has 12 heteroatoms. The molecule has 0 amide bonds. The van der Waals surface area contributed by atoms with E-state index in [0.29, 0.717) is 12.2 Å². The summed E-state index contributed by atoms with van der Waals surface area (Å²) in [4.78, 5) is 22.0. The smallest absolute Gasteiger partial charge is 0.332 e. The highest BCUT2D eigenvalue weighted by Crippen LogP contribution is 1.95. The molecule has 0 bridgehead atoms. The van der Waals surface area contributed by atoms with Gasteiger partial charge in [-0.1, -0.05) is 29.7 Å². The molecule has 0 rings (SSSR count). The van der Waals surface area contributed by atoms with Crippen molar-refractivity contribution in [1.29, 1.82) is 0 Å². The molecule has 0 saturated carbocycles. The van der Waals surface area contributed by atoms with Crippen LogP contribution >= 0.6 is 0 Å². The summed E-state index contributed by atoms with van der Waals surface area (Å²) in [5, 5.41) is 0. The van der Waals surface area contributed by atoms with E-state index < -0.39 is 44.1 Å². The van der Waals surface area contributed by atoms with Crippen LogP contribution in [-0.4, -0.2) is 54.9 Å². The second kappa shape index (κ2) is 15.1. The van der Waals surface area contributed by atoms with Crippen molar-refractivity contribution >= 4 is 32.2 Å². The Labute approximate surface area is 145 Å². The van der Waals surface area contributed by atoms with Gasteiger partial charge >= 0.3 is 32.2 Å². The Balaban J connectivity index is -0.000000301. The van der Waals surface area contributed by atoms with Gasteiger partial charge in [-0.3, -0.25) is 8.37 Å². The van der Waals surface area contributed by atoms with E-state index in [1.165, 1.54) is 0 Å². The topological polar surface area (TPSA) is 139 Å². The largest absolute Gasteiger partial charge is 0.443 e. The van der Waals surface area contributed by atoms with Crippen molar-refractivity contribution in [1.82, 2.24) is 0 Å². The molecule has 0 N–H and O–H groups in total. The minimum absolute atomic E-state index is 0. The Kier molecular flexibility index (Phi) is 21.3. The van der Waals surface area contributed by atoms with Crippen LogP contribution in [0.15, 0.2) is 12.2 Å². The van der Waals surface area contributed by atoms with Gasteiger partial charge in [-0.25, -0.2) is 9.59 Å². The van der Waals surface area contributed by atoms with Gasteiger partial charge < -0.3 is 9.47 Å². The molecule has 0 saturated heterocycles. The van der Waals surface area contributed by atoms with Crippen molar-refractivity contribution in [3.8, 4) is 0 Å². The Morgan fingerprint density at radius 2 is 0.958 bits per heavy atom. The number of hydrogen-bond acceptors (Lipinski definition) is 10. The summed E-state index contributed by atoms with van der Waals surface area (Å²) in [6.07, 6.45) is 1.12. The van der Waals surface area contributed by atoms with Gasteiger partial charge in [0.25, 0.3) is 0 Å². The molecule has 10 nitrogen and oxygen atoms in total. The van der Waals surface area contributed by atoms with Gasteiger partial charge in [-0.2, -0.15) is 16.8 Å². The number of esters is 2. The van der Waals surface area contributed by atoms with Gasteiger partial charge in [0.15, 0.2) is 0 Å². The Morgan fingerprint density at radius 1 is 0.708 bits per heavy atom. The quantitative estimate of drug-likeness (QED) is 0.332. The van der Waals surface area contributed by atoms with Crippen molar-refractivity contribution in [3.05, 3.63) is 12.2 Å². The molecule has 0 aromatic carbocycles. The first kappa shape index (κ1) is 34.0. The molecule has 0 heterocycles.